The van der Waals surface area contributed by atoms with E-state index >= 15 is 0 Å². The van der Waals surface area contributed by atoms with Gasteiger partial charge in [0.15, 0.2) is 0 Å². The van der Waals surface area contributed by atoms with E-state index in [1.165, 1.54) is 16.4 Å². The first-order valence-electron chi connectivity index (χ1n) is 8.29. The summed E-state index contributed by atoms with van der Waals surface area (Å²) in [6.07, 6.45) is 1.16. The number of sulfonamides is 1. The summed E-state index contributed by atoms with van der Waals surface area (Å²) in [6, 6.07) is 9.75. The van der Waals surface area contributed by atoms with Gasteiger partial charge in [0.25, 0.3) is 0 Å². The molecule has 0 bridgehead atoms. The molecular formula is C18H17BrClFN2O3S. The highest BCUT2D eigenvalue weighted by atomic mass is 79.9. The Morgan fingerprint density at radius 3 is 2.59 bits per heavy atom. The van der Waals surface area contributed by atoms with Crippen LogP contribution in [0.25, 0.3) is 0 Å². The van der Waals surface area contributed by atoms with Crippen LogP contribution in [0.2, 0.25) is 5.02 Å². The third-order valence-corrected chi connectivity index (χ3v) is 7.51. The van der Waals surface area contributed by atoms with Crippen molar-refractivity contribution < 1.29 is 17.6 Å². The first-order chi connectivity index (χ1) is 12.8. The van der Waals surface area contributed by atoms with Crippen molar-refractivity contribution in [2.45, 2.75) is 17.7 Å². The van der Waals surface area contributed by atoms with Crippen molar-refractivity contribution in [3.05, 3.63) is 57.8 Å². The van der Waals surface area contributed by atoms with Crippen molar-refractivity contribution in [2.75, 3.05) is 18.4 Å². The zero-order chi connectivity index (χ0) is 19.6. The number of nitrogens with one attached hydrogen (secondary N) is 1. The molecule has 1 N–H and O–H groups in total. The molecule has 144 valence electrons. The van der Waals surface area contributed by atoms with E-state index in [9.17, 15) is 17.6 Å². The highest BCUT2D eigenvalue weighted by Gasteiger charge is 2.33. The fraction of sp³-hybridized carbons (Fsp3) is 0.278. The van der Waals surface area contributed by atoms with Gasteiger partial charge in [0.1, 0.15) is 5.82 Å². The monoisotopic (exact) mass is 474 g/mol. The molecule has 1 aliphatic rings. The molecule has 1 saturated heterocycles. The lowest BCUT2D eigenvalue weighted by Gasteiger charge is -2.31. The first kappa shape index (κ1) is 20.3. The molecule has 1 atom stereocenters. The Hall–Kier alpha value is -1.48. The quantitative estimate of drug-likeness (QED) is 0.718. The van der Waals surface area contributed by atoms with Crippen molar-refractivity contribution in [2.24, 2.45) is 5.92 Å². The van der Waals surface area contributed by atoms with Gasteiger partial charge in [-0.25, -0.2) is 12.8 Å². The Balaban J connectivity index is 1.72. The van der Waals surface area contributed by atoms with Crippen LogP contribution in [0.3, 0.4) is 0 Å². The third kappa shape index (κ3) is 4.68. The predicted octanol–water partition coefficient (Wildman–Crippen LogP) is 4.28. The van der Waals surface area contributed by atoms with Crippen LogP contribution in [0, 0.1) is 11.7 Å². The average Bonchev–Trinajstić information content (AvgIpc) is 2.65. The van der Waals surface area contributed by atoms with Gasteiger partial charge in [0.05, 0.1) is 15.8 Å². The molecule has 0 aliphatic carbocycles. The van der Waals surface area contributed by atoms with Gasteiger partial charge in [-0.05, 0) is 71.2 Å². The fourth-order valence-electron chi connectivity index (χ4n) is 2.95. The number of anilines is 1. The normalized spacial score (nSPS) is 18.3. The molecule has 0 radical (unpaired) electrons. The molecule has 0 aromatic heterocycles. The third-order valence-electron chi connectivity index (χ3n) is 4.39. The van der Waals surface area contributed by atoms with Crippen LogP contribution < -0.4 is 5.32 Å². The number of halogens is 3. The number of benzene rings is 2. The molecule has 5 nitrogen and oxygen atoms in total. The Labute approximate surface area is 170 Å². The second-order valence-electron chi connectivity index (χ2n) is 6.27. The molecule has 27 heavy (non-hydrogen) atoms. The van der Waals surface area contributed by atoms with E-state index in [1.807, 2.05) is 0 Å². The van der Waals surface area contributed by atoms with E-state index < -0.39 is 21.8 Å². The summed E-state index contributed by atoms with van der Waals surface area (Å²) in [7, 11) is -3.77. The average molecular weight is 476 g/mol. The van der Waals surface area contributed by atoms with Gasteiger partial charge in [0.2, 0.25) is 15.9 Å². The first-order valence-corrected chi connectivity index (χ1v) is 10.9. The Morgan fingerprint density at radius 1 is 1.22 bits per heavy atom. The van der Waals surface area contributed by atoms with E-state index in [1.54, 1.807) is 18.2 Å². The maximum absolute atomic E-state index is 13.1. The Bertz CT molecular complexity index is 954. The van der Waals surface area contributed by atoms with Crippen LogP contribution in [-0.4, -0.2) is 31.7 Å². The van der Waals surface area contributed by atoms with E-state index in [0.29, 0.717) is 30.1 Å². The van der Waals surface area contributed by atoms with Crippen molar-refractivity contribution in [1.29, 1.82) is 0 Å². The maximum atomic E-state index is 13.1. The summed E-state index contributed by atoms with van der Waals surface area (Å²) in [5, 5.41) is 3.25. The van der Waals surface area contributed by atoms with Gasteiger partial charge >= 0.3 is 0 Å². The smallest absolute Gasteiger partial charge is 0.243 e. The molecule has 1 aliphatic heterocycles. The molecule has 1 fully saturated rings. The second-order valence-corrected chi connectivity index (χ2v) is 9.47. The Kier molecular flexibility index (Phi) is 6.20. The zero-order valence-electron chi connectivity index (χ0n) is 14.2. The van der Waals surface area contributed by atoms with E-state index in [0.717, 1.165) is 16.6 Å². The number of hydrogen-bond donors (Lipinski definition) is 1. The van der Waals surface area contributed by atoms with Crippen LogP contribution in [0.15, 0.2) is 51.8 Å². The van der Waals surface area contributed by atoms with Crippen molar-refractivity contribution in [1.82, 2.24) is 4.31 Å². The Morgan fingerprint density at radius 2 is 1.93 bits per heavy atom. The highest BCUT2D eigenvalue weighted by Crippen LogP contribution is 2.28. The lowest BCUT2D eigenvalue weighted by Crippen LogP contribution is -2.43. The molecule has 9 heteroatoms. The maximum Gasteiger partial charge on any atom is 0.243 e. The SMILES string of the molecule is O=C(Nc1ccc(Br)c(Cl)c1)[C@H]1CCCN(S(=O)(=O)c2ccc(F)cc2)C1. The van der Waals surface area contributed by atoms with Crippen LogP contribution in [0.4, 0.5) is 10.1 Å². The number of rotatable bonds is 4. The lowest BCUT2D eigenvalue weighted by atomic mass is 9.99. The molecule has 3 rings (SSSR count). The van der Waals surface area contributed by atoms with Crippen molar-refractivity contribution >= 4 is 49.1 Å². The predicted molar refractivity (Wildman–Crippen MR) is 106 cm³/mol. The molecule has 2 aromatic carbocycles. The standard InChI is InChI=1S/C18H17BrClFN2O3S/c19-16-8-5-14(10-17(16)20)22-18(24)12-2-1-9-23(11-12)27(25,26)15-6-3-13(21)4-7-15/h3-8,10,12H,1-2,9,11H2,(H,22,24)/t12-/m0/s1. The van der Waals surface area contributed by atoms with Crippen LogP contribution >= 0.6 is 27.5 Å². The number of piperidine rings is 1. The number of hydrogen-bond acceptors (Lipinski definition) is 3. The summed E-state index contributed by atoms with van der Waals surface area (Å²) in [4.78, 5) is 12.6. The van der Waals surface area contributed by atoms with Gasteiger partial charge in [-0.3, -0.25) is 4.79 Å². The highest BCUT2D eigenvalue weighted by molar-refractivity contribution is 9.10. The van der Waals surface area contributed by atoms with Crippen molar-refractivity contribution in [3.8, 4) is 0 Å². The van der Waals surface area contributed by atoms with Gasteiger partial charge in [0, 0.05) is 23.2 Å². The minimum absolute atomic E-state index is 0.0182. The van der Waals surface area contributed by atoms with Gasteiger partial charge in [-0.15, -0.1) is 0 Å². The van der Waals surface area contributed by atoms with E-state index in [2.05, 4.69) is 21.2 Å². The largest absolute Gasteiger partial charge is 0.326 e. The molecule has 0 saturated carbocycles. The molecule has 1 amide bonds. The number of amides is 1. The van der Waals surface area contributed by atoms with E-state index in [4.69, 9.17) is 11.6 Å². The lowest BCUT2D eigenvalue weighted by molar-refractivity contribution is -0.120. The van der Waals surface area contributed by atoms with E-state index in [-0.39, 0.29) is 17.3 Å². The van der Waals surface area contributed by atoms with Crippen LogP contribution in [0.1, 0.15) is 12.8 Å². The molecule has 0 unspecified atom stereocenters. The van der Waals surface area contributed by atoms with Gasteiger partial charge in [-0.2, -0.15) is 4.31 Å². The summed E-state index contributed by atoms with van der Waals surface area (Å²) in [5.41, 5.74) is 0.548. The summed E-state index contributed by atoms with van der Waals surface area (Å²) in [5.74, 6) is -1.23. The second kappa shape index (κ2) is 8.26. The minimum Gasteiger partial charge on any atom is -0.326 e. The summed E-state index contributed by atoms with van der Waals surface area (Å²) < 4.78 is 40.6. The zero-order valence-corrected chi connectivity index (χ0v) is 17.3. The van der Waals surface area contributed by atoms with Gasteiger partial charge < -0.3 is 5.32 Å². The number of carbonyl (C=O) groups excluding carboxylic acids is 1. The molecule has 2 aromatic rings. The molecular weight excluding hydrogens is 459 g/mol. The molecule has 1 heterocycles. The van der Waals surface area contributed by atoms with Crippen LogP contribution in [-0.2, 0) is 14.8 Å². The minimum atomic E-state index is -3.77. The fourth-order valence-corrected chi connectivity index (χ4v) is 4.90. The van der Waals surface area contributed by atoms with Crippen LogP contribution in [0.5, 0.6) is 0 Å². The number of carbonyl (C=O) groups is 1. The number of nitrogens with zero attached hydrogens (tertiary/aromatic N) is 1. The summed E-state index contributed by atoms with van der Waals surface area (Å²) >= 11 is 9.32. The molecule has 0 spiro atoms. The van der Waals surface area contributed by atoms with Crippen molar-refractivity contribution in [3.63, 3.8) is 0 Å². The van der Waals surface area contributed by atoms with Gasteiger partial charge in [-0.1, -0.05) is 11.6 Å². The summed E-state index contributed by atoms with van der Waals surface area (Å²) in [6.45, 7) is 0.406. The topological polar surface area (TPSA) is 66.5 Å².